The van der Waals surface area contributed by atoms with Crippen molar-refractivity contribution in [2.75, 3.05) is 18.0 Å². The molecule has 0 radical (unpaired) electrons. The summed E-state index contributed by atoms with van der Waals surface area (Å²) in [6.45, 7) is 5.39. The molecule has 1 aromatic carbocycles. The van der Waals surface area contributed by atoms with Crippen molar-refractivity contribution in [2.24, 2.45) is 11.7 Å². The summed E-state index contributed by atoms with van der Waals surface area (Å²) in [7, 11) is 0. The SMILES string of the molecule is CC(C)CN(C(=O)O)c1cccc(Cc2nn(-c3cnn(CCN)c3)ccc2=O)c1. The number of carbonyl (C=O) groups is 1. The molecule has 1 amide bonds. The number of benzene rings is 1. The smallest absolute Gasteiger partial charge is 0.411 e. The summed E-state index contributed by atoms with van der Waals surface area (Å²) in [6.07, 6.45) is 4.36. The van der Waals surface area contributed by atoms with Gasteiger partial charge in [0.2, 0.25) is 5.43 Å². The number of aromatic nitrogens is 4. The summed E-state index contributed by atoms with van der Waals surface area (Å²) < 4.78 is 3.32. The third kappa shape index (κ3) is 5.12. The third-order valence-electron chi connectivity index (χ3n) is 4.49. The minimum Gasteiger partial charge on any atom is -0.465 e. The van der Waals surface area contributed by atoms with Crippen LogP contribution in [0.3, 0.4) is 0 Å². The number of hydrogen-bond donors (Lipinski definition) is 2. The van der Waals surface area contributed by atoms with E-state index >= 15 is 0 Å². The summed E-state index contributed by atoms with van der Waals surface area (Å²) in [5.41, 5.74) is 7.86. The molecule has 30 heavy (non-hydrogen) atoms. The molecular weight excluding hydrogens is 384 g/mol. The molecule has 0 aliphatic rings. The Morgan fingerprint density at radius 1 is 1.30 bits per heavy atom. The third-order valence-corrected chi connectivity index (χ3v) is 4.49. The average Bonchev–Trinajstić information content (AvgIpc) is 3.17. The fraction of sp³-hybridized carbons (Fsp3) is 0.333. The van der Waals surface area contributed by atoms with Gasteiger partial charge in [-0.05, 0) is 23.6 Å². The predicted octanol–water partition coefficient (Wildman–Crippen LogP) is 2.12. The zero-order chi connectivity index (χ0) is 21.7. The lowest BCUT2D eigenvalue weighted by Gasteiger charge is -2.22. The van der Waals surface area contributed by atoms with Crippen LogP contribution in [0.2, 0.25) is 0 Å². The highest BCUT2D eigenvalue weighted by molar-refractivity contribution is 5.86. The molecule has 3 aromatic rings. The Balaban J connectivity index is 1.87. The minimum atomic E-state index is -1.00. The molecule has 3 N–H and O–H groups in total. The largest absolute Gasteiger partial charge is 0.465 e. The van der Waals surface area contributed by atoms with E-state index in [1.165, 1.54) is 11.0 Å². The van der Waals surface area contributed by atoms with E-state index in [9.17, 15) is 14.7 Å². The van der Waals surface area contributed by atoms with Crippen molar-refractivity contribution in [1.82, 2.24) is 19.6 Å². The maximum atomic E-state index is 12.4. The van der Waals surface area contributed by atoms with Gasteiger partial charge in [0, 0.05) is 37.5 Å². The first-order chi connectivity index (χ1) is 14.4. The predicted molar refractivity (Wildman–Crippen MR) is 114 cm³/mol. The molecule has 9 heteroatoms. The molecule has 158 valence electrons. The van der Waals surface area contributed by atoms with Crippen LogP contribution in [0.25, 0.3) is 5.69 Å². The zero-order valence-corrected chi connectivity index (χ0v) is 17.1. The molecule has 2 aromatic heterocycles. The fourth-order valence-electron chi connectivity index (χ4n) is 3.13. The highest BCUT2D eigenvalue weighted by Gasteiger charge is 2.16. The Morgan fingerprint density at radius 2 is 2.10 bits per heavy atom. The van der Waals surface area contributed by atoms with Crippen molar-refractivity contribution in [3.8, 4) is 5.69 Å². The lowest BCUT2D eigenvalue weighted by Crippen LogP contribution is -2.32. The van der Waals surface area contributed by atoms with Crippen LogP contribution < -0.4 is 16.1 Å². The second kappa shape index (κ2) is 9.36. The van der Waals surface area contributed by atoms with Gasteiger partial charge in [-0.3, -0.25) is 14.4 Å². The number of nitrogens with two attached hydrogens (primary N) is 1. The van der Waals surface area contributed by atoms with E-state index in [1.807, 2.05) is 26.1 Å². The molecule has 0 unspecified atom stereocenters. The van der Waals surface area contributed by atoms with Gasteiger partial charge in [-0.1, -0.05) is 26.0 Å². The second-order valence-electron chi connectivity index (χ2n) is 7.46. The Morgan fingerprint density at radius 3 is 2.80 bits per heavy atom. The molecule has 0 aliphatic carbocycles. The van der Waals surface area contributed by atoms with Gasteiger partial charge in [0.1, 0.15) is 11.4 Å². The van der Waals surface area contributed by atoms with Crippen LogP contribution >= 0.6 is 0 Å². The van der Waals surface area contributed by atoms with Gasteiger partial charge < -0.3 is 10.8 Å². The van der Waals surface area contributed by atoms with Crippen molar-refractivity contribution >= 4 is 11.8 Å². The van der Waals surface area contributed by atoms with Gasteiger partial charge in [0.25, 0.3) is 0 Å². The number of rotatable bonds is 8. The summed E-state index contributed by atoms with van der Waals surface area (Å²) in [6, 6.07) is 8.65. The lowest BCUT2D eigenvalue weighted by molar-refractivity contribution is 0.201. The highest BCUT2D eigenvalue weighted by Crippen LogP contribution is 2.19. The topological polar surface area (TPSA) is 119 Å². The van der Waals surface area contributed by atoms with E-state index in [1.54, 1.807) is 40.0 Å². The molecule has 0 saturated carbocycles. The Hall–Kier alpha value is -3.46. The Bertz CT molecular complexity index is 1070. The van der Waals surface area contributed by atoms with Gasteiger partial charge in [0.05, 0.1) is 18.9 Å². The number of carboxylic acid groups (broad SMARTS) is 1. The van der Waals surface area contributed by atoms with Crippen molar-refractivity contribution < 1.29 is 9.90 Å². The Kier molecular flexibility index (Phi) is 6.63. The highest BCUT2D eigenvalue weighted by atomic mass is 16.4. The Labute approximate surface area is 174 Å². The molecule has 0 fully saturated rings. The number of nitrogens with zero attached hydrogens (tertiary/aromatic N) is 5. The van der Waals surface area contributed by atoms with Crippen molar-refractivity contribution in [1.29, 1.82) is 0 Å². The van der Waals surface area contributed by atoms with Crippen LogP contribution in [-0.2, 0) is 13.0 Å². The van der Waals surface area contributed by atoms with E-state index in [0.717, 1.165) is 11.3 Å². The van der Waals surface area contributed by atoms with Gasteiger partial charge >= 0.3 is 6.09 Å². The maximum Gasteiger partial charge on any atom is 0.411 e. The second-order valence-corrected chi connectivity index (χ2v) is 7.46. The first kappa shape index (κ1) is 21.3. The molecular formula is C21H26N6O3. The van der Waals surface area contributed by atoms with Gasteiger partial charge in [-0.2, -0.15) is 10.2 Å². The molecule has 0 aliphatic heterocycles. The van der Waals surface area contributed by atoms with Crippen molar-refractivity contribution in [2.45, 2.75) is 26.8 Å². The molecule has 0 spiro atoms. The molecule has 0 saturated heterocycles. The normalized spacial score (nSPS) is 11.1. The first-order valence-electron chi connectivity index (χ1n) is 9.78. The minimum absolute atomic E-state index is 0.178. The maximum absolute atomic E-state index is 12.4. The van der Waals surface area contributed by atoms with Crippen LogP contribution in [0.4, 0.5) is 10.5 Å². The van der Waals surface area contributed by atoms with Crippen LogP contribution in [0.15, 0.2) is 53.7 Å². The van der Waals surface area contributed by atoms with E-state index in [0.29, 0.717) is 37.4 Å². The molecule has 2 heterocycles. The first-order valence-corrected chi connectivity index (χ1v) is 9.78. The van der Waals surface area contributed by atoms with Crippen LogP contribution in [-0.4, -0.2) is 43.9 Å². The summed E-state index contributed by atoms with van der Waals surface area (Å²) in [5.74, 6) is 0.188. The zero-order valence-electron chi connectivity index (χ0n) is 17.1. The summed E-state index contributed by atoms with van der Waals surface area (Å²) >= 11 is 0. The van der Waals surface area contributed by atoms with Gasteiger partial charge in [0.15, 0.2) is 0 Å². The summed E-state index contributed by atoms with van der Waals surface area (Å²) in [5, 5.41) is 18.2. The standard InChI is InChI=1S/C21H26N6O3/c1-15(2)13-26(21(29)30)17-5-3-4-16(10-17)11-19-20(28)6-8-27(24-19)18-12-23-25(14-18)9-7-22/h3-6,8,10,12,14-15H,7,9,11,13,22H2,1-2H3,(H,29,30). The van der Waals surface area contributed by atoms with Crippen LogP contribution in [0.5, 0.6) is 0 Å². The molecule has 0 bridgehead atoms. The number of hydrogen-bond acceptors (Lipinski definition) is 5. The lowest BCUT2D eigenvalue weighted by atomic mass is 10.1. The monoisotopic (exact) mass is 410 g/mol. The van der Waals surface area contributed by atoms with E-state index in [-0.39, 0.29) is 11.3 Å². The number of anilines is 1. The number of amides is 1. The average molecular weight is 410 g/mol. The van der Waals surface area contributed by atoms with E-state index < -0.39 is 6.09 Å². The quantitative estimate of drug-likeness (QED) is 0.587. The van der Waals surface area contributed by atoms with Crippen LogP contribution in [0.1, 0.15) is 25.1 Å². The molecule has 3 rings (SSSR count). The molecule has 0 atom stereocenters. The van der Waals surface area contributed by atoms with Crippen LogP contribution in [0, 0.1) is 5.92 Å². The van der Waals surface area contributed by atoms with E-state index in [2.05, 4.69) is 10.2 Å². The van der Waals surface area contributed by atoms with E-state index in [4.69, 9.17) is 5.73 Å². The van der Waals surface area contributed by atoms with Gasteiger partial charge in [-0.25, -0.2) is 9.48 Å². The van der Waals surface area contributed by atoms with Crippen molar-refractivity contribution in [3.05, 3.63) is 70.4 Å². The fourth-order valence-corrected chi connectivity index (χ4v) is 3.13. The van der Waals surface area contributed by atoms with Gasteiger partial charge in [-0.15, -0.1) is 0 Å². The summed E-state index contributed by atoms with van der Waals surface area (Å²) in [4.78, 5) is 25.3. The van der Waals surface area contributed by atoms with Crippen molar-refractivity contribution in [3.63, 3.8) is 0 Å². The molecule has 9 nitrogen and oxygen atoms in total.